The Hall–Kier alpha value is -2.17. The first kappa shape index (κ1) is 13.8. The molecular formula is C16H11ClN2OS. The van der Waals surface area contributed by atoms with Crippen LogP contribution in [0.5, 0.6) is 5.75 Å². The van der Waals surface area contributed by atoms with Gasteiger partial charge in [0, 0.05) is 16.1 Å². The number of phenols is 1. The number of rotatable bonds is 2. The molecule has 21 heavy (non-hydrogen) atoms. The van der Waals surface area contributed by atoms with Crippen molar-refractivity contribution in [2.45, 2.75) is 0 Å². The summed E-state index contributed by atoms with van der Waals surface area (Å²) in [4.78, 5) is 7.33. The van der Waals surface area contributed by atoms with Crippen LogP contribution in [0, 0.1) is 4.77 Å². The summed E-state index contributed by atoms with van der Waals surface area (Å²) in [5.74, 6) is 0.191. The first-order valence-electron chi connectivity index (χ1n) is 6.29. The largest absolute Gasteiger partial charge is 0.507 e. The molecule has 0 bridgehead atoms. The first-order valence-corrected chi connectivity index (χ1v) is 7.08. The molecule has 0 aliphatic rings. The molecule has 0 aliphatic heterocycles. The maximum Gasteiger partial charge on any atom is 0.197 e. The van der Waals surface area contributed by atoms with Crippen LogP contribution in [0.2, 0.25) is 5.02 Å². The molecule has 0 spiro atoms. The number of nitrogens with one attached hydrogen (secondary N) is 1. The zero-order chi connectivity index (χ0) is 14.8. The number of benzene rings is 2. The zero-order valence-corrected chi connectivity index (χ0v) is 12.4. The summed E-state index contributed by atoms with van der Waals surface area (Å²) in [5, 5.41) is 10.6. The topological polar surface area (TPSA) is 48.9 Å². The highest BCUT2D eigenvalue weighted by Gasteiger charge is 2.07. The second-order valence-corrected chi connectivity index (χ2v) is 5.33. The molecule has 0 radical (unpaired) electrons. The highest BCUT2D eigenvalue weighted by molar-refractivity contribution is 7.71. The molecule has 1 heterocycles. The minimum absolute atomic E-state index is 0.191. The molecular weight excluding hydrogens is 304 g/mol. The summed E-state index contributed by atoms with van der Waals surface area (Å²) < 4.78 is 0.362. The number of aromatic nitrogens is 2. The van der Waals surface area contributed by atoms with Gasteiger partial charge in [0.15, 0.2) is 4.77 Å². The first-order chi connectivity index (χ1) is 10.1. The predicted octanol–water partition coefficient (Wildman–Crippen LogP) is 4.83. The molecule has 0 fully saturated rings. The predicted molar refractivity (Wildman–Crippen MR) is 87.0 cm³/mol. The minimum atomic E-state index is 0.191. The normalized spacial score (nSPS) is 10.5. The molecule has 0 saturated carbocycles. The van der Waals surface area contributed by atoms with Gasteiger partial charge in [-0.1, -0.05) is 35.9 Å². The Labute approximate surface area is 131 Å². The van der Waals surface area contributed by atoms with Crippen molar-refractivity contribution in [1.82, 2.24) is 9.97 Å². The van der Waals surface area contributed by atoms with Crippen molar-refractivity contribution in [3.63, 3.8) is 0 Å². The van der Waals surface area contributed by atoms with Crippen molar-refractivity contribution in [1.29, 1.82) is 0 Å². The van der Waals surface area contributed by atoms with E-state index in [4.69, 9.17) is 23.8 Å². The molecule has 0 amide bonds. The number of aromatic amines is 1. The lowest BCUT2D eigenvalue weighted by Gasteiger charge is -2.07. The molecule has 0 unspecified atom stereocenters. The Morgan fingerprint density at radius 2 is 1.76 bits per heavy atom. The molecule has 0 saturated heterocycles. The van der Waals surface area contributed by atoms with Crippen molar-refractivity contribution >= 4 is 23.8 Å². The van der Waals surface area contributed by atoms with E-state index in [1.54, 1.807) is 24.3 Å². The van der Waals surface area contributed by atoms with Crippen LogP contribution >= 0.6 is 23.8 Å². The Balaban J connectivity index is 2.15. The maximum atomic E-state index is 9.96. The third kappa shape index (κ3) is 2.96. The van der Waals surface area contributed by atoms with Crippen LogP contribution in [0.1, 0.15) is 0 Å². The molecule has 5 heteroatoms. The second-order valence-electron chi connectivity index (χ2n) is 4.51. The van der Waals surface area contributed by atoms with Gasteiger partial charge >= 0.3 is 0 Å². The summed E-state index contributed by atoms with van der Waals surface area (Å²) in [6.45, 7) is 0. The van der Waals surface area contributed by atoms with Crippen molar-refractivity contribution < 1.29 is 5.11 Å². The Kier molecular flexibility index (Phi) is 3.73. The fourth-order valence-electron chi connectivity index (χ4n) is 2.07. The van der Waals surface area contributed by atoms with Gasteiger partial charge in [-0.2, -0.15) is 0 Å². The quantitative estimate of drug-likeness (QED) is 0.666. The van der Waals surface area contributed by atoms with E-state index in [0.717, 1.165) is 17.0 Å². The van der Waals surface area contributed by atoms with Gasteiger partial charge in [-0.15, -0.1) is 0 Å². The van der Waals surface area contributed by atoms with E-state index < -0.39 is 0 Å². The van der Waals surface area contributed by atoms with Crippen LogP contribution in [0.3, 0.4) is 0 Å². The molecule has 0 atom stereocenters. The van der Waals surface area contributed by atoms with Crippen LogP contribution in [0.4, 0.5) is 0 Å². The summed E-state index contributed by atoms with van der Waals surface area (Å²) >= 11 is 11.1. The summed E-state index contributed by atoms with van der Waals surface area (Å²) in [5.41, 5.74) is 3.05. The average Bonchev–Trinajstić information content (AvgIpc) is 2.48. The second kappa shape index (κ2) is 5.68. The van der Waals surface area contributed by atoms with Gasteiger partial charge in [0.25, 0.3) is 0 Å². The number of phenolic OH excluding ortho intramolecular Hbond substituents is 1. The number of para-hydroxylation sites is 1. The van der Waals surface area contributed by atoms with Crippen LogP contribution in [-0.2, 0) is 0 Å². The Morgan fingerprint density at radius 3 is 2.48 bits per heavy atom. The molecule has 3 nitrogen and oxygen atoms in total. The van der Waals surface area contributed by atoms with Gasteiger partial charge in [-0.25, -0.2) is 4.98 Å². The molecule has 104 valence electrons. The highest BCUT2D eigenvalue weighted by atomic mass is 35.5. The Bertz CT molecular complexity index is 843. The van der Waals surface area contributed by atoms with Gasteiger partial charge in [0.05, 0.1) is 11.4 Å². The van der Waals surface area contributed by atoms with Crippen molar-refractivity contribution in [3.05, 3.63) is 64.4 Å². The van der Waals surface area contributed by atoms with E-state index in [2.05, 4.69) is 9.97 Å². The number of nitrogens with zero attached hydrogens (tertiary/aromatic N) is 1. The number of hydrogen-bond acceptors (Lipinski definition) is 3. The molecule has 1 aromatic heterocycles. The SMILES string of the molecule is Oc1ccccc1-c1cc(-c2ccc(Cl)cc2)nc(=S)[nH]1. The van der Waals surface area contributed by atoms with Crippen molar-refractivity contribution in [2.24, 2.45) is 0 Å². The van der Waals surface area contributed by atoms with Gasteiger partial charge in [-0.05, 0) is 42.5 Å². The fraction of sp³-hybridized carbons (Fsp3) is 0. The summed E-state index contributed by atoms with van der Waals surface area (Å²) in [6, 6.07) is 16.3. The molecule has 0 aliphatic carbocycles. The summed E-state index contributed by atoms with van der Waals surface area (Å²) in [6.07, 6.45) is 0. The average molecular weight is 315 g/mol. The number of halogens is 1. The van der Waals surface area contributed by atoms with Crippen LogP contribution in [0.15, 0.2) is 54.6 Å². The lowest BCUT2D eigenvalue weighted by Crippen LogP contribution is -1.91. The number of H-pyrrole nitrogens is 1. The van der Waals surface area contributed by atoms with Gasteiger partial charge < -0.3 is 10.1 Å². The van der Waals surface area contributed by atoms with Gasteiger partial charge in [0.2, 0.25) is 0 Å². The monoisotopic (exact) mass is 314 g/mol. The van der Waals surface area contributed by atoms with E-state index in [1.165, 1.54) is 0 Å². The lowest BCUT2D eigenvalue weighted by atomic mass is 10.1. The smallest absolute Gasteiger partial charge is 0.197 e. The highest BCUT2D eigenvalue weighted by Crippen LogP contribution is 2.29. The standard InChI is InChI=1S/C16H11ClN2OS/c17-11-7-5-10(6-8-11)13-9-14(19-16(21)18-13)12-3-1-2-4-15(12)20/h1-9,20H,(H,18,19,21). The molecule has 3 aromatic rings. The molecule has 2 aromatic carbocycles. The van der Waals surface area contributed by atoms with Crippen LogP contribution < -0.4 is 0 Å². The minimum Gasteiger partial charge on any atom is -0.507 e. The van der Waals surface area contributed by atoms with Gasteiger partial charge in [-0.3, -0.25) is 0 Å². The van der Waals surface area contributed by atoms with E-state index >= 15 is 0 Å². The van der Waals surface area contributed by atoms with E-state index in [-0.39, 0.29) is 5.75 Å². The fourth-order valence-corrected chi connectivity index (χ4v) is 2.41. The third-order valence-corrected chi connectivity index (χ3v) is 3.52. The lowest BCUT2D eigenvalue weighted by molar-refractivity contribution is 0.477. The van der Waals surface area contributed by atoms with Crippen molar-refractivity contribution in [2.75, 3.05) is 0 Å². The summed E-state index contributed by atoms with van der Waals surface area (Å²) in [7, 11) is 0. The Morgan fingerprint density at radius 1 is 1.05 bits per heavy atom. The van der Waals surface area contributed by atoms with E-state index in [0.29, 0.717) is 15.4 Å². The van der Waals surface area contributed by atoms with E-state index in [9.17, 15) is 5.11 Å². The van der Waals surface area contributed by atoms with Crippen molar-refractivity contribution in [3.8, 4) is 28.3 Å². The zero-order valence-electron chi connectivity index (χ0n) is 10.9. The maximum absolute atomic E-state index is 9.96. The number of hydrogen-bond donors (Lipinski definition) is 2. The third-order valence-electron chi connectivity index (χ3n) is 3.08. The van der Waals surface area contributed by atoms with Crippen LogP contribution in [0.25, 0.3) is 22.5 Å². The number of aromatic hydroxyl groups is 1. The van der Waals surface area contributed by atoms with Gasteiger partial charge in [0.1, 0.15) is 5.75 Å². The molecule has 3 rings (SSSR count). The van der Waals surface area contributed by atoms with Crippen LogP contribution in [-0.4, -0.2) is 15.1 Å². The van der Waals surface area contributed by atoms with E-state index in [1.807, 2.05) is 30.3 Å². The molecule has 2 N–H and O–H groups in total.